The number of fused-ring (bicyclic) bond motifs is 7. The molecule has 0 bridgehead atoms. The van der Waals surface area contributed by atoms with Crippen LogP contribution in [0.5, 0.6) is 17.2 Å². The van der Waals surface area contributed by atoms with Crippen LogP contribution in [0.2, 0.25) is 0 Å². The normalized spacial score (nSPS) is 26.3. The van der Waals surface area contributed by atoms with Crippen molar-refractivity contribution in [2.24, 2.45) is 17.8 Å². The van der Waals surface area contributed by atoms with E-state index in [2.05, 4.69) is 38.0 Å². The molecule has 3 saturated heterocycles. The van der Waals surface area contributed by atoms with Crippen molar-refractivity contribution in [1.29, 1.82) is 0 Å². The van der Waals surface area contributed by atoms with Crippen molar-refractivity contribution in [3.8, 4) is 29.1 Å². The summed E-state index contributed by atoms with van der Waals surface area (Å²) in [6.45, 7) is 1.84. The molecule has 4 aliphatic carbocycles. The van der Waals surface area contributed by atoms with E-state index in [9.17, 15) is 62.1 Å². The Morgan fingerprint density at radius 2 is 1.54 bits per heavy atom. The van der Waals surface area contributed by atoms with Gasteiger partial charge in [0.15, 0.2) is 30.4 Å². The highest BCUT2D eigenvalue weighted by molar-refractivity contribution is 7.88. The number of nitrogens with one attached hydrogen (secondary N) is 6. The summed E-state index contributed by atoms with van der Waals surface area (Å²) < 4.78 is 71.0. The van der Waals surface area contributed by atoms with Crippen molar-refractivity contribution in [2.45, 2.75) is 127 Å². The van der Waals surface area contributed by atoms with Crippen LogP contribution in [-0.2, 0) is 82.1 Å². The number of hydrogen-bond acceptors (Lipinski definition) is 21. The average Bonchev–Trinajstić information content (AvgIpc) is 1.01. The number of benzene rings is 4. The zero-order valence-electron chi connectivity index (χ0n) is 50.5. The van der Waals surface area contributed by atoms with Gasteiger partial charge in [0.25, 0.3) is 0 Å². The molecule has 488 valence electrons. The van der Waals surface area contributed by atoms with Crippen molar-refractivity contribution in [3.63, 3.8) is 0 Å². The molecule has 9 N–H and O–H groups in total. The molecule has 0 radical (unpaired) electrons. The third kappa shape index (κ3) is 14.2. The van der Waals surface area contributed by atoms with Gasteiger partial charge in [0.05, 0.1) is 75.5 Å². The Balaban J connectivity index is 0.644. The third-order valence-corrected chi connectivity index (χ3v) is 18.9. The highest BCUT2D eigenvalue weighted by Gasteiger charge is 2.56. The first-order valence-electron chi connectivity index (χ1n) is 30.3. The summed E-state index contributed by atoms with van der Waals surface area (Å²) in [7, 11) is -3.17. The molecule has 11 rings (SSSR count). The van der Waals surface area contributed by atoms with E-state index in [1.165, 1.54) is 32.2 Å². The van der Waals surface area contributed by atoms with Gasteiger partial charge in [0, 0.05) is 73.5 Å². The Kier molecular flexibility index (Phi) is 19.4. The summed E-state index contributed by atoms with van der Waals surface area (Å²) in [5, 5.41) is 45.7. The predicted octanol–water partition coefficient (Wildman–Crippen LogP) is 2.21. The Labute approximate surface area is 529 Å². The molecule has 3 heterocycles. The van der Waals surface area contributed by atoms with Gasteiger partial charge in [-0.25, -0.2) is 9.52 Å². The number of methoxy groups -OCH3 is 1. The van der Waals surface area contributed by atoms with Crippen LogP contribution in [0, 0.1) is 29.6 Å². The largest absolute Gasteiger partial charge is 0.507 e. The molecule has 27 nitrogen and oxygen atoms in total. The summed E-state index contributed by atoms with van der Waals surface area (Å²) in [4.78, 5) is 108. The van der Waals surface area contributed by atoms with Crippen LogP contribution < -0.4 is 35.4 Å². The minimum atomic E-state index is -4.51. The molecule has 4 aromatic rings. The maximum Gasteiger partial charge on any atom is 0.421 e. The molecule has 28 heteroatoms. The lowest BCUT2D eigenvalue weighted by Crippen LogP contribution is -2.55. The maximum absolute atomic E-state index is 14.2. The topological polar surface area (TPSA) is 371 Å². The van der Waals surface area contributed by atoms with E-state index in [1.54, 1.807) is 66.2 Å². The van der Waals surface area contributed by atoms with Gasteiger partial charge in [-0.3, -0.25) is 38.5 Å². The zero-order chi connectivity index (χ0) is 65.2. The maximum atomic E-state index is 14.2. The standard InChI is InChI=1S/C64H71N7O20S/c1-33-59-44(25-50(89-33)90-46-27-64(82,34(2)72)26-41-52(46)58(79)54-53(56(41)77)55(76)40-16-11-17-45(85-3)51(40)57(54)78)71-22-23-86-62(61(71)91-59)87-31-36-18-20-37(21-19-36)68-48(74)29-66-60(80)43(24-35-12-7-6-8-13-35)69-49(75)28-65-47(73)30-67-92(83,84)70-63(81)88-32-42-38-14-9-4-5-10-15-39(38)42/h6-8,11-13,16-21,33,38-39,42-44,46,50,59,61-62,67,77,79,82H,9-10,14-15,22-32H2,1-3H3,(H,65,73)(H,66,80)(H,68,74)(H,69,75)(H,70,81)/t33-,38-,39+,42?,43-,44-,46-,50-,59+,61+,62+,64-/m0/s1. The molecule has 4 fully saturated rings. The average molecular weight is 1290 g/mol. The number of aromatic hydroxyl groups is 2. The van der Waals surface area contributed by atoms with Crippen LogP contribution in [0.4, 0.5) is 10.5 Å². The number of hydrogen-bond donors (Lipinski definition) is 9. The van der Waals surface area contributed by atoms with Gasteiger partial charge in [0.2, 0.25) is 29.4 Å². The Morgan fingerprint density at radius 3 is 2.26 bits per heavy atom. The van der Waals surface area contributed by atoms with E-state index in [4.69, 9.17) is 33.2 Å². The lowest BCUT2D eigenvalue weighted by atomic mass is 9.72. The van der Waals surface area contributed by atoms with Crippen molar-refractivity contribution >= 4 is 63.0 Å². The SMILES string of the molecule is COc1cccc2c1C(=O)c1c(O)c3c(c(O)c1C2=O)C[C@@](O)(C(C)=O)C[C@@H]3O[C@H]1C[C@H]2[C@H](O[C@@H]3[C@@H](OCc4ccc(NC(=O)CNC(=O)[C@H](Cc5ccccc5)NC(=O)CNC(=O)CNS(=O)(=O)NC(=O)OCC5[C@H]6CCC#CCC[C@@H]56)cc4)OCCN32)[C@H](C)O1. The summed E-state index contributed by atoms with van der Waals surface area (Å²) in [6, 6.07) is 18.3. The fourth-order valence-electron chi connectivity index (χ4n) is 13.2. The number of rotatable bonds is 22. The second kappa shape index (κ2) is 27.4. The highest BCUT2D eigenvalue weighted by atomic mass is 32.2. The van der Waals surface area contributed by atoms with Crippen molar-refractivity contribution in [2.75, 3.05) is 51.8 Å². The van der Waals surface area contributed by atoms with Crippen molar-refractivity contribution < 1.29 is 95.3 Å². The summed E-state index contributed by atoms with van der Waals surface area (Å²) in [5.41, 5.74) is -1.56. The van der Waals surface area contributed by atoms with Gasteiger partial charge in [-0.2, -0.15) is 13.1 Å². The zero-order valence-corrected chi connectivity index (χ0v) is 51.3. The van der Waals surface area contributed by atoms with Crippen molar-refractivity contribution in [3.05, 3.63) is 117 Å². The molecule has 3 aliphatic heterocycles. The molecule has 1 unspecified atom stereocenters. The van der Waals surface area contributed by atoms with Gasteiger partial charge in [-0.1, -0.05) is 54.6 Å². The smallest absolute Gasteiger partial charge is 0.421 e. The lowest BCUT2D eigenvalue weighted by molar-refractivity contribution is -0.264. The molecule has 0 spiro atoms. The quantitative estimate of drug-likeness (QED) is 0.0354. The number of carbonyl (C=O) groups is 8. The van der Waals surface area contributed by atoms with E-state index >= 15 is 0 Å². The summed E-state index contributed by atoms with van der Waals surface area (Å²) in [6.07, 6.45) is -3.52. The number of amides is 5. The van der Waals surface area contributed by atoms with E-state index in [-0.39, 0.29) is 79.0 Å². The number of nitrogens with zero attached hydrogens (tertiary/aromatic N) is 1. The van der Waals surface area contributed by atoms with E-state index in [1.807, 2.05) is 4.72 Å². The third-order valence-electron chi connectivity index (χ3n) is 17.9. The number of phenolic OH excluding ortho intramolecular Hbond substituents is 2. The number of ether oxygens (including phenoxy) is 7. The van der Waals surface area contributed by atoms with Crippen LogP contribution in [0.1, 0.15) is 113 Å². The van der Waals surface area contributed by atoms with Gasteiger partial charge in [0.1, 0.15) is 35.0 Å². The second-order valence-corrected chi connectivity index (χ2v) is 25.3. The predicted molar refractivity (Wildman–Crippen MR) is 321 cm³/mol. The molecular formula is C64H71N7O20S. The minimum Gasteiger partial charge on any atom is -0.507 e. The second-order valence-electron chi connectivity index (χ2n) is 23.8. The monoisotopic (exact) mass is 1290 g/mol. The molecule has 0 aromatic heterocycles. The summed E-state index contributed by atoms with van der Waals surface area (Å²) >= 11 is 0. The fraction of sp³-hybridized carbons (Fsp3) is 0.469. The van der Waals surface area contributed by atoms with Crippen LogP contribution >= 0.6 is 0 Å². The van der Waals surface area contributed by atoms with Gasteiger partial charge < -0.3 is 69.7 Å². The Bertz CT molecular complexity index is 3730. The molecule has 7 aliphatic rings. The number of morpholine rings is 1. The van der Waals surface area contributed by atoms with Crippen LogP contribution in [0.3, 0.4) is 0 Å². The molecule has 12 atom stereocenters. The first kappa shape index (κ1) is 65.1. The first-order valence-corrected chi connectivity index (χ1v) is 31.8. The highest BCUT2D eigenvalue weighted by Crippen LogP contribution is 2.54. The van der Waals surface area contributed by atoms with Gasteiger partial charge in [-0.05, 0) is 73.8 Å². The summed E-state index contributed by atoms with van der Waals surface area (Å²) in [5.74, 6) is 0.681. The molecule has 1 saturated carbocycles. The van der Waals surface area contributed by atoms with E-state index in [0.29, 0.717) is 35.2 Å². The van der Waals surface area contributed by atoms with E-state index in [0.717, 1.165) is 25.7 Å². The fourth-order valence-corrected chi connectivity index (χ4v) is 13.9. The van der Waals surface area contributed by atoms with Crippen molar-refractivity contribution in [1.82, 2.24) is 30.3 Å². The van der Waals surface area contributed by atoms with Crippen LogP contribution in [0.25, 0.3) is 0 Å². The first-order chi connectivity index (χ1) is 44.1. The number of phenols is 2. The van der Waals surface area contributed by atoms with Crippen LogP contribution in [0.15, 0.2) is 72.8 Å². The number of ketones is 3. The lowest BCUT2D eigenvalue weighted by Gasteiger charge is -2.43. The van der Waals surface area contributed by atoms with E-state index < -0.39 is 155 Å². The van der Waals surface area contributed by atoms with Gasteiger partial charge in [-0.15, -0.1) is 11.8 Å². The molecule has 4 aromatic carbocycles. The number of Topliss-reactive ketones (excluding diaryl/α,β-unsaturated/α-hetero) is 1. The van der Waals surface area contributed by atoms with Gasteiger partial charge >= 0.3 is 16.3 Å². The Hall–Kier alpha value is -8.37. The number of carbonyl (C=O) groups excluding carboxylic acids is 8. The molecule has 5 amide bonds. The Morgan fingerprint density at radius 1 is 0.826 bits per heavy atom. The molecule has 92 heavy (non-hydrogen) atoms. The molecular weight excluding hydrogens is 1220 g/mol. The number of anilines is 1. The number of aliphatic hydroxyl groups is 1. The minimum absolute atomic E-state index is 0.0104. The van der Waals surface area contributed by atoms with Crippen LogP contribution in [-0.4, -0.2) is 171 Å².